The van der Waals surface area contributed by atoms with Gasteiger partial charge in [-0.2, -0.15) is 0 Å². The fourth-order valence-electron chi connectivity index (χ4n) is 2.91. The lowest BCUT2D eigenvalue weighted by Crippen LogP contribution is -2.35. The third kappa shape index (κ3) is 6.12. The van der Waals surface area contributed by atoms with E-state index in [0.717, 1.165) is 23.1 Å². The van der Waals surface area contributed by atoms with E-state index < -0.39 is 12.6 Å². The molecule has 1 unspecified atom stereocenters. The fraction of sp³-hybridized carbons (Fsp3) is 0.526. The van der Waals surface area contributed by atoms with Gasteiger partial charge in [0.15, 0.2) is 0 Å². The second-order valence-corrected chi connectivity index (χ2v) is 9.54. The van der Waals surface area contributed by atoms with Crippen molar-refractivity contribution in [3.63, 3.8) is 0 Å². The van der Waals surface area contributed by atoms with E-state index in [2.05, 4.69) is 15.2 Å². The molecular formula is C19H29ClN5O4P. The molecule has 0 aliphatic heterocycles. The van der Waals surface area contributed by atoms with Crippen molar-refractivity contribution in [2.75, 3.05) is 5.88 Å². The van der Waals surface area contributed by atoms with Crippen LogP contribution in [0.2, 0.25) is 0 Å². The van der Waals surface area contributed by atoms with Crippen molar-refractivity contribution in [2.45, 2.75) is 52.8 Å². The molecule has 1 aromatic carbocycles. The molecular weight excluding hydrogens is 429 g/mol. The molecule has 11 heteroatoms. The van der Waals surface area contributed by atoms with E-state index in [1.54, 1.807) is 7.05 Å². The first-order valence-corrected chi connectivity index (χ1v) is 11.9. The Morgan fingerprint density at radius 1 is 1.33 bits per heavy atom. The summed E-state index contributed by atoms with van der Waals surface area (Å²) in [5.41, 5.74) is 3.21. The Hall–Kier alpha value is -1.77. The molecule has 166 valence electrons. The van der Waals surface area contributed by atoms with Gasteiger partial charge >= 0.3 is 13.6 Å². The predicted octanol–water partition coefficient (Wildman–Crippen LogP) is 4.53. The number of rotatable bonds is 11. The molecule has 0 aliphatic rings. The van der Waals surface area contributed by atoms with Crippen LogP contribution in [0.15, 0.2) is 24.4 Å². The lowest BCUT2D eigenvalue weighted by Gasteiger charge is -2.26. The minimum absolute atomic E-state index is 0.00982. The van der Waals surface area contributed by atoms with Gasteiger partial charge in [-0.05, 0) is 43.2 Å². The number of alkyl halides is 1. The number of hydrogen-bond acceptors (Lipinski definition) is 5. The molecule has 1 aromatic heterocycles. The molecule has 3 atom stereocenters. The van der Waals surface area contributed by atoms with Crippen molar-refractivity contribution in [1.29, 1.82) is 0 Å². The summed E-state index contributed by atoms with van der Waals surface area (Å²) in [5, 5.41) is 17.0. The van der Waals surface area contributed by atoms with E-state index >= 15 is 0 Å². The highest BCUT2D eigenvalue weighted by Gasteiger charge is 2.27. The number of imidazole rings is 1. The topological polar surface area (TPSA) is 111 Å². The second-order valence-electron chi connectivity index (χ2n) is 7.36. The van der Waals surface area contributed by atoms with E-state index in [-0.39, 0.29) is 24.6 Å². The van der Waals surface area contributed by atoms with Crippen LogP contribution in [0.3, 0.4) is 0 Å². The summed E-state index contributed by atoms with van der Waals surface area (Å²) in [5.74, 6) is 0.0912. The molecule has 2 aromatic rings. The molecule has 0 saturated carbocycles. The zero-order valence-corrected chi connectivity index (χ0v) is 19.5. The van der Waals surface area contributed by atoms with Crippen molar-refractivity contribution in [3.8, 4) is 11.3 Å². The van der Waals surface area contributed by atoms with Gasteiger partial charge in [-0.25, -0.2) is 14.7 Å². The van der Waals surface area contributed by atoms with Gasteiger partial charge in [0, 0.05) is 23.5 Å². The van der Waals surface area contributed by atoms with E-state index in [9.17, 15) is 14.7 Å². The molecule has 2 N–H and O–H groups in total. The molecule has 9 nitrogen and oxygen atoms in total. The van der Waals surface area contributed by atoms with Crippen molar-refractivity contribution in [2.24, 2.45) is 7.05 Å². The Kier molecular flexibility index (Phi) is 8.58. The van der Waals surface area contributed by atoms with Gasteiger partial charge in [0.05, 0.1) is 13.7 Å². The number of nitrogens with zero attached hydrogens (tertiary/aromatic N) is 3. The van der Waals surface area contributed by atoms with E-state index in [4.69, 9.17) is 16.1 Å². The molecule has 0 spiro atoms. The number of hydrogen-bond donors (Lipinski definition) is 2. The van der Waals surface area contributed by atoms with E-state index in [0.29, 0.717) is 11.6 Å². The highest BCUT2D eigenvalue weighted by Crippen LogP contribution is 2.40. The summed E-state index contributed by atoms with van der Waals surface area (Å²) in [7, 11) is -1.70. The quantitative estimate of drug-likeness (QED) is 0.220. The van der Waals surface area contributed by atoms with Crippen LogP contribution in [0.5, 0.6) is 0 Å². The Bertz CT molecular complexity index is 920. The van der Waals surface area contributed by atoms with Gasteiger partial charge in [-0.15, -0.1) is 11.6 Å². The number of aryl methyl sites for hydroxylation is 1. The smallest absolute Gasteiger partial charge is 0.390 e. The van der Waals surface area contributed by atoms with Crippen molar-refractivity contribution in [1.82, 2.24) is 19.7 Å². The molecule has 30 heavy (non-hydrogen) atoms. The van der Waals surface area contributed by atoms with Crippen LogP contribution in [0, 0.1) is 17.0 Å². The zero-order valence-electron chi connectivity index (χ0n) is 17.9. The first-order valence-electron chi connectivity index (χ1n) is 9.72. The van der Waals surface area contributed by atoms with E-state index in [1.807, 2.05) is 45.9 Å². The number of nitrogens with one attached hydrogen (secondary N) is 2. The molecule has 0 radical (unpaired) electrons. The third-order valence-corrected chi connectivity index (χ3v) is 7.25. The van der Waals surface area contributed by atoms with Crippen LogP contribution in [0.4, 0.5) is 5.95 Å². The molecule has 0 amide bonds. The molecule has 1 heterocycles. The average Bonchev–Trinajstić information content (AvgIpc) is 3.07. The lowest BCUT2D eigenvalue weighted by molar-refractivity contribution is -0.396. The van der Waals surface area contributed by atoms with Gasteiger partial charge in [0.25, 0.3) is 0 Å². The monoisotopic (exact) mass is 457 g/mol. The molecule has 2 rings (SSSR count). The third-order valence-electron chi connectivity index (χ3n) is 4.73. The van der Waals surface area contributed by atoms with Gasteiger partial charge in [0.2, 0.25) is 0 Å². The predicted molar refractivity (Wildman–Crippen MR) is 119 cm³/mol. The number of halogens is 1. The Morgan fingerprint density at radius 3 is 2.53 bits per heavy atom. The molecule has 0 bridgehead atoms. The van der Waals surface area contributed by atoms with Crippen molar-refractivity contribution in [3.05, 3.63) is 45.6 Å². The average molecular weight is 458 g/mol. The second kappa shape index (κ2) is 10.5. The SMILES string of the molecule is CC[C@@H](C)NP(=O)(N[C@H](C)CCl)OCc1ccc(-c2cnc([N+](=O)[O-])n2C)c(C)c1. The van der Waals surface area contributed by atoms with Gasteiger partial charge in [0.1, 0.15) is 11.9 Å². The maximum Gasteiger partial charge on any atom is 0.434 e. The Balaban J connectivity index is 2.19. The minimum Gasteiger partial charge on any atom is -0.390 e. The Labute approximate surface area is 181 Å². The zero-order chi connectivity index (χ0) is 22.5. The van der Waals surface area contributed by atoms with Gasteiger partial charge in [-0.3, -0.25) is 4.57 Å². The number of benzene rings is 1. The normalized spacial score (nSPS) is 15.5. The largest absolute Gasteiger partial charge is 0.434 e. The van der Waals surface area contributed by atoms with E-state index in [1.165, 1.54) is 10.8 Å². The summed E-state index contributed by atoms with van der Waals surface area (Å²) in [6, 6.07) is 5.44. The highest BCUT2D eigenvalue weighted by molar-refractivity contribution is 7.54. The molecule has 0 saturated heterocycles. The first-order chi connectivity index (χ1) is 14.1. The summed E-state index contributed by atoms with van der Waals surface area (Å²) in [6.45, 7) is 7.82. The summed E-state index contributed by atoms with van der Waals surface area (Å²) < 4.78 is 20.5. The molecule has 0 aliphatic carbocycles. The van der Waals surface area contributed by atoms with Crippen LogP contribution in [-0.4, -0.2) is 32.4 Å². The lowest BCUT2D eigenvalue weighted by atomic mass is 10.0. The summed E-state index contributed by atoms with van der Waals surface area (Å²) in [4.78, 5) is 14.4. The van der Waals surface area contributed by atoms with Crippen LogP contribution >= 0.6 is 19.3 Å². The minimum atomic E-state index is -3.30. The van der Waals surface area contributed by atoms with Crippen molar-refractivity contribution < 1.29 is 14.0 Å². The van der Waals surface area contributed by atoms with Crippen molar-refractivity contribution >= 4 is 25.2 Å². The van der Waals surface area contributed by atoms with Crippen LogP contribution in [0.25, 0.3) is 11.3 Å². The van der Waals surface area contributed by atoms with Gasteiger partial charge < -0.3 is 14.6 Å². The molecule has 0 fully saturated rings. The standard InChI is InChI=1S/C19H29ClN5O4P/c1-6-14(3)22-30(28,23-15(4)10-20)29-12-16-7-8-17(13(2)9-16)18-11-21-19(24(18)5)25(26)27/h7-9,11,14-15H,6,10,12H2,1-5H3,(H2,22,23,28)/t14-,15-,30?/m1/s1. The highest BCUT2D eigenvalue weighted by atomic mass is 35.5. The summed E-state index contributed by atoms with van der Waals surface area (Å²) in [6.07, 6.45) is 2.29. The van der Waals surface area contributed by atoms with Crippen LogP contribution in [-0.2, 0) is 22.7 Å². The fourth-order valence-corrected chi connectivity index (χ4v) is 5.08. The number of aromatic nitrogens is 2. The van der Waals surface area contributed by atoms with Gasteiger partial charge in [-0.1, -0.05) is 30.1 Å². The van der Waals surface area contributed by atoms with Crippen LogP contribution < -0.4 is 10.2 Å². The number of nitro groups is 1. The maximum atomic E-state index is 13.2. The first kappa shape index (κ1) is 24.5. The maximum absolute atomic E-state index is 13.2. The Morgan fingerprint density at radius 2 is 2.00 bits per heavy atom. The summed E-state index contributed by atoms with van der Waals surface area (Å²) >= 11 is 5.86. The van der Waals surface area contributed by atoms with Crippen LogP contribution in [0.1, 0.15) is 38.3 Å².